The first-order valence-corrected chi connectivity index (χ1v) is 7.76. The molecule has 1 amide bonds. The van der Waals surface area contributed by atoms with Crippen molar-refractivity contribution < 1.29 is 9.72 Å². The topological polar surface area (TPSA) is 72.2 Å². The standard InChI is InChI=1S/C13H14BrClN2O3/c14-7-6-13(4-5-13)8-16-12(18)11-9(15)2-1-3-10(11)17(19)20/h1-3H,4-8H2,(H,16,18). The van der Waals surface area contributed by atoms with E-state index in [1.165, 1.54) is 18.2 Å². The van der Waals surface area contributed by atoms with E-state index in [2.05, 4.69) is 21.2 Å². The molecule has 0 spiro atoms. The van der Waals surface area contributed by atoms with E-state index in [-0.39, 0.29) is 21.7 Å². The molecular formula is C13H14BrClN2O3. The number of rotatable bonds is 6. The largest absolute Gasteiger partial charge is 0.351 e. The Bertz CT molecular complexity index is 546. The summed E-state index contributed by atoms with van der Waals surface area (Å²) in [6, 6.07) is 4.23. The van der Waals surface area contributed by atoms with Gasteiger partial charge in [0.05, 0.1) is 9.95 Å². The molecule has 1 aromatic rings. The Morgan fingerprint density at radius 1 is 1.50 bits per heavy atom. The van der Waals surface area contributed by atoms with Crippen molar-refractivity contribution in [1.29, 1.82) is 0 Å². The van der Waals surface area contributed by atoms with Gasteiger partial charge in [0.2, 0.25) is 0 Å². The second-order valence-electron chi connectivity index (χ2n) is 5.01. The number of nitro groups is 1. The lowest BCUT2D eigenvalue weighted by molar-refractivity contribution is -0.385. The molecule has 20 heavy (non-hydrogen) atoms. The number of nitrogens with one attached hydrogen (secondary N) is 1. The SMILES string of the molecule is O=C(NCC1(CCBr)CC1)c1c(Cl)cccc1[N+](=O)[O-]. The van der Waals surface area contributed by atoms with Crippen molar-refractivity contribution >= 4 is 39.1 Å². The monoisotopic (exact) mass is 360 g/mol. The van der Waals surface area contributed by atoms with Gasteiger partial charge in [-0.1, -0.05) is 33.6 Å². The predicted molar refractivity (Wildman–Crippen MR) is 80.5 cm³/mol. The number of benzene rings is 1. The van der Waals surface area contributed by atoms with Crippen molar-refractivity contribution in [3.63, 3.8) is 0 Å². The van der Waals surface area contributed by atoms with Crippen molar-refractivity contribution in [3.05, 3.63) is 38.9 Å². The maximum Gasteiger partial charge on any atom is 0.283 e. The minimum Gasteiger partial charge on any atom is -0.351 e. The van der Waals surface area contributed by atoms with Gasteiger partial charge in [-0.3, -0.25) is 14.9 Å². The van der Waals surface area contributed by atoms with E-state index < -0.39 is 10.8 Å². The summed E-state index contributed by atoms with van der Waals surface area (Å²) in [5.74, 6) is -0.483. The minimum absolute atomic E-state index is 0.0613. The highest BCUT2D eigenvalue weighted by atomic mass is 79.9. The molecule has 1 fully saturated rings. The minimum atomic E-state index is -0.591. The van der Waals surface area contributed by atoms with Gasteiger partial charge in [0.25, 0.3) is 11.6 Å². The molecule has 1 aliphatic carbocycles. The summed E-state index contributed by atoms with van der Waals surface area (Å²) in [7, 11) is 0. The second kappa shape index (κ2) is 6.10. The Morgan fingerprint density at radius 2 is 2.20 bits per heavy atom. The summed E-state index contributed by atoms with van der Waals surface area (Å²) in [4.78, 5) is 22.5. The first-order valence-electron chi connectivity index (χ1n) is 6.26. The summed E-state index contributed by atoms with van der Waals surface area (Å²) in [5.41, 5.74) is -0.177. The molecule has 0 unspecified atom stereocenters. The van der Waals surface area contributed by atoms with Gasteiger partial charge in [0.1, 0.15) is 5.56 Å². The Morgan fingerprint density at radius 3 is 2.75 bits per heavy atom. The molecule has 108 valence electrons. The van der Waals surface area contributed by atoms with E-state index in [9.17, 15) is 14.9 Å². The molecule has 1 aromatic carbocycles. The fourth-order valence-corrected chi connectivity index (χ4v) is 3.23. The third-order valence-electron chi connectivity index (χ3n) is 3.62. The van der Waals surface area contributed by atoms with Gasteiger partial charge in [-0.2, -0.15) is 0 Å². The Balaban J connectivity index is 2.12. The molecule has 1 saturated carbocycles. The Hall–Kier alpha value is -1.14. The summed E-state index contributed by atoms with van der Waals surface area (Å²) >= 11 is 9.32. The van der Waals surface area contributed by atoms with Crippen LogP contribution in [0, 0.1) is 15.5 Å². The lowest BCUT2D eigenvalue weighted by atomic mass is 10.0. The molecule has 0 saturated heterocycles. The van der Waals surface area contributed by atoms with Crippen LogP contribution in [-0.4, -0.2) is 22.7 Å². The van der Waals surface area contributed by atoms with Gasteiger partial charge >= 0.3 is 0 Å². The van der Waals surface area contributed by atoms with Gasteiger partial charge in [-0.05, 0) is 30.7 Å². The van der Waals surface area contributed by atoms with E-state index in [0.717, 1.165) is 24.6 Å². The zero-order valence-corrected chi connectivity index (χ0v) is 13.0. The third kappa shape index (κ3) is 3.30. The number of hydrogen-bond acceptors (Lipinski definition) is 3. The molecule has 0 radical (unpaired) electrons. The first kappa shape index (κ1) is 15.3. The molecule has 1 aliphatic rings. The molecule has 0 bridgehead atoms. The van der Waals surface area contributed by atoms with Crippen LogP contribution in [0.5, 0.6) is 0 Å². The summed E-state index contributed by atoms with van der Waals surface area (Å²) in [6.45, 7) is 0.528. The van der Waals surface area contributed by atoms with Crippen molar-refractivity contribution in [2.45, 2.75) is 19.3 Å². The number of alkyl halides is 1. The van der Waals surface area contributed by atoms with Crippen LogP contribution in [0.25, 0.3) is 0 Å². The molecule has 0 heterocycles. The third-order valence-corrected chi connectivity index (χ3v) is 4.33. The lowest BCUT2D eigenvalue weighted by Crippen LogP contribution is -2.31. The van der Waals surface area contributed by atoms with Crippen LogP contribution < -0.4 is 5.32 Å². The summed E-state index contributed by atoms with van der Waals surface area (Å²) < 4.78 is 0. The fourth-order valence-electron chi connectivity index (χ4n) is 2.14. The number of carbonyl (C=O) groups excluding carboxylic acids is 1. The van der Waals surface area contributed by atoms with Gasteiger partial charge in [-0.15, -0.1) is 0 Å². The zero-order chi connectivity index (χ0) is 14.8. The van der Waals surface area contributed by atoms with Crippen LogP contribution in [0.15, 0.2) is 18.2 Å². The van der Waals surface area contributed by atoms with Crippen molar-refractivity contribution in [2.75, 3.05) is 11.9 Å². The predicted octanol–water partition coefficient (Wildman–Crippen LogP) is 3.54. The number of halogens is 2. The molecule has 5 nitrogen and oxygen atoms in total. The second-order valence-corrected chi connectivity index (χ2v) is 6.21. The molecular weight excluding hydrogens is 348 g/mol. The first-order chi connectivity index (χ1) is 9.49. The van der Waals surface area contributed by atoms with Crippen molar-refractivity contribution in [2.24, 2.45) is 5.41 Å². The van der Waals surface area contributed by atoms with Gasteiger partial charge in [0, 0.05) is 17.9 Å². The highest BCUT2D eigenvalue weighted by molar-refractivity contribution is 9.09. The highest BCUT2D eigenvalue weighted by Gasteiger charge is 2.42. The van der Waals surface area contributed by atoms with Crippen LogP contribution in [-0.2, 0) is 0 Å². The van der Waals surface area contributed by atoms with E-state index in [1.54, 1.807) is 0 Å². The molecule has 0 atom stereocenters. The normalized spacial score (nSPS) is 15.7. The zero-order valence-electron chi connectivity index (χ0n) is 10.7. The number of hydrogen-bond donors (Lipinski definition) is 1. The van der Waals surface area contributed by atoms with E-state index in [0.29, 0.717) is 6.54 Å². The van der Waals surface area contributed by atoms with E-state index >= 15 is 0 Å². The van der Waals surface area contributed by atoms with Crippen LogP contribution >= 0.6 is 27.5 Å². The summed E-state index contributed by atoms with van der Waals surface area (Å²) in [6.07, 6.45) is 3.13. The maximum absolute atomic E-state index is 12.2. The molecule has 0 aromatic heterocycles. The quantitative estimate of drug-likeness (QED) is 0.478. The van der Waals surface area contributed by atoms with Crippen molar-refractivity contribution in [1.82, 2.24) is 5.32 Å². The number of nitro benzene ring substituents is 1. The number of amides is 1. The van der Waals surface area contributed by atoms with Crippen LogP contribution in [0.1, 0.15) is 29.6 Å². The molecule has 1 N–H and O–H groups in total. The summed E-state index contributed by atoms with van der Waals surface area (Å²) in [5, 5.41) is 14.7. The van der Waals surface area contributed by atoms with Crippen LogP contribution in [0.2, 0.25) is 5.02 Å². The van der Waals surface area contributed by atoms with E-state index in [4.69, 9.17) is 11.6 Å². The number of carbonyl (C=O) groups is 1. The smallest absolute Gasteiger partial charge is 0.283 e. The Labute approximate surface area is 130 Å². The van der Waals surface area contributed by atoms with E-state index in [1.807, 2.05) is 0 Å². The molecule has 2 rings (SSSR count). The van der Waals surface area contributed by atoms with Gasteiger partial charge < -0.3 is 5.32 Å². The van der Waals surface area contributed by atoms with Gasteiger partial charge in [0.15, 0.2) is 0 Å². The maximum atomic E-state index is 12.2. The van der Waals surface area contributed by atoms with Crippen molar-refractivity contribution in [3.8, 4) is 0 Å². The van der Waals surface area contributed by atoms with Crippen LogP contribution in [0.3, 0.4) is 0 Å². The average Bonchev–Trinajstić information content (AvgIpc) is 3.16. The van der Waals surface area contributed by atoms with Gasteiger partial charge in [-0.25, -0.2) is 0 Å². The average molecular weight is 362 g/mol. The lowest BCUT2D eigenvalue weighted by Gasteiger charge is -2.14. The molecule has 7 heteroatoms. The molecule has 0 aliphatic heterocycles. The highest BCUT2D eigenvalue weighted by Crippen LogP contribution is 2.48. The van der Waals surface area contributed by atoms with Crippen LogP contribution in [0.4, 0.5) is 5.69 Å². The fraction of sp³-hybridized carbons (Fsp3) is 0.462. The Kier molecular flexibility index (Phi) is 4.65. The number of nitrogens with zero attached hydrogens (tertiary/aromatic N) is 1.